The van der Waals surface area contributed by atoms with Crippen molar-refractivity contribution in [3.8, 4) is 0 Å². The highest BCUT2D eigenvalue weighted by molar-refractivity contribution is 7.92. The molecule has 2 aromatic carbocycles. The van der Waals surface area contributed by atoms with Crippen molar-refractivity contribution in [2.24, 2.45) is 0 Å². The molecule has 2 aromatic rings. The van der Waals surface area contributed by atoms with E-state index >= 15 is 0 Å². The molecule has 0 aromatic heterocycles. The van der Waals surface area contributed by atoms with Crippen molar-refractivity contribution in [2.75, 3.05) is 17.1 Å². The maximum Gasteiger partial charge on any atom is 0.243 e. The van der Waals surface area contributed by atoms with Gasteiger partial charge in [0.25, 0.3) is 0 Å². The van der Waals surface area contributed by atoms with Crippen LogP contribution in [0.5, 0.6) is 0 Å². The van der Waals surface area contributed by atoms with E-state index in [2.05, 4.69) is 30.4 Å². The van der Waals surface area contributed by atoms with Crippen LogP contribution < -0.4 is 9.62 Å². The van der Waals surface area contributed by atoms with E-state index in [-0.39, 0.29) is 5.91 Å². The minimum Gasteiger partial charge on any atom is -0.354 e. The van der Waals surface area contributed by atoms with Crippen LogP contribution in [0, 0.1) is 13.8 Å². The van der Waals surface area contributed by atoms with E-state index in [4.69, 9.17) is 0 Å². The van der Waals surface area contributed by atoms with E-state index in [1.165, 1.54) is 15.4 Å². The van der Waals surface area contributed by atoms with Gasteiger partial charge in [-0.05, 0) is 56.9 Å². The number of nitrogens with one attached hydrogen (secondary N) is 1. The number of sulfonamides is 1. The minimum atomic E-state index is -3.58. The smallest absolute Gasteiger partial charge is 0.243 e. The number of aryl methyl sites for hydroxylation is 3. The van der Waals surface area contributed by atoms with Crippen molar-refractivity contribution < 1.29 is 13.2 Å². The summed E-state index contributed by atoms with van der Waals surface area (Å²) in [6.07, 6.45) is 2.78. The molecule has 0 fully saturated rings. The van der Waals surface area contributed by atoms with Crippen LogP contribution in [0.1, 0.15) is 30.0 Å². The second-order valence-electron chi connectivity index (χ2n) is 6.96. The molecule has 0 heterocycles. The van der Waals surface area contributed by atoms with Gasteiger partial charge in [0.15, 0.2) is 0 Å². The monoisotopic (exact) mass is 388 g/mol. The molecule has 1 N–H and O–H groups in total. The quantitative estimate of drug-likeness (QED) is 0.706. The largest absolute Gasteiger partial charge is 0.354 e. The van der Waals surface area contributed by atoms with Gasteiger partial charge in [-0.15, -0.1) is 0 Å². The zero-order valence-electron chi connectivity index (χ0n) is 16.4. The summed E-state index contributed by atoms with van der Waals surface area (Å²) in [4.78, 5) is 12.5. The zero-order valence-corrected chi connectivity index (χ0v) is 17.2. The summed E-state index contributed by atoms with van der Waals surface area (Å²) >= 11 is 0. The average Bonchev–Trinajstić information content (AvgIpc) is 2.57. The Morgan fingerprint density at radius 3 is 2.30 bits per heavy atom. The van der Waals surface area contributed by atoms with Crippen LogP contribution in [0.4, 0.5) is 5.69 Å². The Kier molecular flexibility index (Phi) is 7.02. The van der Waals surface area contributed by atoms with Gasteiger partial charge in [-0.2, -0.15) is 0 Å². The van der Waals surface area contributed by atoms with Crippen LogP contribution in [0.2, 0.25) is 0 Å². The van der Waals surface area contributed by atoms with Gasteiger partial charge >= 0.3 is 0 Å². The maximum absolute atomic E-state index is 12.5. The summed E-state index contributed by atoms with van der Waals surface area (Å²) in [7, 11) is -3.58. The fraction of sp³-hybridized carbons (Fsp3) is 0.381. The van der Waals surface area contributed by atoms with Crippen molar-refractivity contribution in [1.29, 1.82) is 0 Å². The molecule has 27 heavy (non-hydrogen) atoms. The first-order chi connectivity index (χ1) is 12.7. The maximum atomic E-state index is 12.5. The average molecular weight is 389 g/mol. The first-order valence-electron chi connectivity index (χ1n) is 9.08. The summed E-state index contributed by atoms with van der Waals surface area (Å²) < 4.78 is 25.7. The van der Waals surface area contributed by atoms with E-state index in [0.717, 1.165) is 24.7 Å². The standard InChI is InChI=1S/C21H28N2O3S/c1-16-8-5-10-19(14-16)11-7-13-22-21(24)18(3)23(27(4,25)26)20-12-6-9-17(2)15-20/h5-6,8-10,12,14-15,18H,7,11,13H2,1-4H3,(H,22,24). The first-order valence-corrected chi connectivity index (χ1v) is 10.9. The molecule has 5 nitrogen and oxygen atoms in total. The predicted octanol–water partition coefficient (Wildman–Crippen LogP) is 3.21. The predicted molar refractivity (Wildman–Crippen MR) is 110 cm³/mol. The highest BCUT2D eigenvalue weighted by atomic mass is 32.2. The van der Waals surface area contributed by atoms with Gasteiger partial charge in [0.05, 0.1) is 11.9 Å². The Labute approximate surface area is 162 Å². The van der Waals surface area contributed by atoms with Crippen LogP contribution >= 0.6 is 0 Å². The molecule has 2 rings (SSSR count). The number of rotatable bonds is 8. The van der Waals surface area contributed by atoms with Crippen LogP contribution in [0.15, 0.2) is 48.5 Å². The van der Waals surface area contributed by atoms with Gasteiger partial charge in [0.1, 0.15) is 6.04 Å². The molecule has 0 aliphatic heterocycles. The van der Waals surface area contributed by atoms with Crippen molar-refractivity contribution in [2.45, 2.75) is 39.7 Å². The van der Waals surface area contributed by atoms with Crippen LogP contribution in [0.25, 0.3) is 0 Å². The van der Waals surface area contributed by atoms with Gasteiger partial charge < -0.3 is 5.32 Å². The first kappa shape index (κ1) is 21.0. The molecule has 6 heteroatoms. The van der Waals surface area contributed by atoms with Crippen molar-refractivity contribution >= 4 is 21.6 Å². The third kappa shape index (κ3) is 6.10. The Hall–Kier alpha value is -2.34. The second kappa shape index (κ2) is 9.04. The number of carbonyl (C=O) groups excluding carboxylic acids is 1. The van der Waals surface area contributed by atoms with E-state index in [1.54, 1.807) is 25.1 Å². The number of carbonyl (C=O) groups is 1. The molecule has 146 valence electrons. The number of nitrogens with zero attached hydrogens (tertiary/aromatic N) is 1. The number of amides is 1. The number of hydrogen-bond donors (Lipinski definition) is 1. The third-order valence-corrected chi connectivity index (χ3v) is 5.61. The van der Waals surface area contributed by atoms with Gasteiger partial charge in [0.2, 0.25) is 15.9 Å². The van der Waals surface area contributed by atoms with E-state index in [0.29, 0.717) is 12.2 Å². The van der Waals surface area contributed by atoms with Crippen molar-refractivity contribution in [3.05, 3.63) is 65.2 Å². The summed E-state index contributed by atoms with van der Waals surface area (Å²) in [6, 6.07) is 14.6. The van der Waals surface area contributed by atoms with Gasteiger partial charge in [-0.3, -0.25) is 9.10 Å². The molecule has 1 unspecified atom stereocenters. The molecule has 0 bridgehead atoms. The molecule has 0 aliphatic carbocycles. The van der Waals surface area contributed by atoms with Crippen molar-refractivity contribution in [1.82, 2.24) is 5.32 Å². The lowest BCUT2D eigenvalue weighted by Crippen LogP contribution is -2.48. The highest BCUT2D eigenvalue weighted by Gasteiger charge is 2.28. The van der Waals surface area contributed by atoms with E-state index in [9.17, 15) is 13.2 Å². The highest BCUT2D eigenvalue weighted by Crippen LogP contribution is 2.21. The lowest BCUT2D eigenvalue weighted by molar-refractivity contribution is -0.121. The molecule has 0 radical (unpaired) electrons. The van der Waals surface area contributed by atoms with Gasteiger partial charge in [-0.25, -0.2) is 8.42 Å². The minimum absolute atomic E-state index is 0.300. The van der Waals surface area contributed by atoms with E-state index < -0.39 is 16.1 Å². The normalized spacial score (nSPS) is 12.4. The molecule has 0 aliphatic rings. The second-order valence-corrected chi connectivity index (χ2v) is 8.82. The fourth-order valence-corrected chi connectivity index (χ4v) is 4.26. The van der Waals surface area contributed by atoms with E-state index in [1.807, 2.05) is 19.1 Å². The number of benzene rings is 2. The lowest BCUT2D eigenvalue weighted by Gasteiger charge is -2.28. The Morgan fingerprint density at radius 2 is 1.70 bits per heavy atom. The summed E-state index contributed by atoms with van der Waals surface area (Å²) in [5.41, 5.74) is 3.88. The Balaban J connectivity index is 1.98. The SMILES string of the molecule is Cc1cccc(CCCNC(=O)C(C)N(c2cccc(C)c2)S(C)(=O)=O)c1. The molecular weight excluding hydrogens is 360 g/mol. The van der Waals surface area contributed by atoms with Crippen LogP contribution in [-0.2, 0) is 21.2 Å². The molecule has 0 spiro atoms. The molecular formula is C21H28N2O3S. The number of hydrogen-bond acceptors (Lipinski definition) is 3. The summed E-state index contributed by atoms with van der Waals surface area (Å²) in [5.74, 6) is -0.300. The Morgan fingerprint density at radius 1 is 1.07 bits per heavy atom. The zero-order chi connectivity index (χ0) is 20.0. The van der Waals surface area contributed by atoms with Gasteiger partial charge in [0, 0.05) is 6.54 Å². The fourth-order valence-electron chi connectivity index (χ4n) is 3.09. The molecule has 1 atom stereocenters. The van der Waals surface area contributed by atoms with Crippen molar-refractivity contribution in [3.63, 3.8) is 0 Å². The lowest BCUT2D eigenvalue weighted by atomic mass is 10.1. The third-order valence-electron chi connectivity index (χ3n) is 4.37. The van der Waals surface area contributed by atoms with Crippen LogP contribution in [0.3, 0.4) is 0 Å². The van der Waals surface area contributed by atoms with Gasteiger partial charge in [-0.1, -0.05) is 42.0 Å². The van der Waals surface area contributed by atoms with Crippen LogP contribution in [-0.4, -0.2) is 33.2 Å². The summed E-state index contributed by atoms with van der Waals surface area (Å²) in [5, 5.41) is 2.86. The number of anilines is 1. The summed E-state index contributed by atoms with van der Waals surface area (Å²) in [6.45, 7) is 6.06. The molecule has 1 amide bonds. The molecule has 0 saturated carbocycles. The Bertz CT molecular complexity index is 894. The molecule has 0 saturated heterocycles. The topological polar surface area (TPSA) is 66.5 Å².